The Bertz CT molecular complexity index is 549. The van der Waals surface area contributed by atoms with Gasteiger partial charge in [0, 0.05) is 37.7 Å². The van der Waals surface area contributed by atoms with Crippen LogP contribution in [0, 0.1) is 0 Å². The lowest BCUT2D eigenvalue weighted by molar-refractivity contribution is -0.0817. The van der Waals surface area contributed by atoms with Gasteiger partial charge in [-0.15, -0.1) is 11.8 Å². The fourth-order valence-corrected chi connectivity index (χ4v) is 4.23. The third-order valence-corrected chi connectivity index (χ3v) is 5.78. The van der Waals surface area contributed by atoms with Crippen molar-refractivity contribution in [2.75, 3.05) is 45.1 Å². The summed E-state index contributed by atoms with van der Waals surface area (Å²) in [5.74, 6) is 2.11. The number of hydrogen-bond acceptors (Lipinski definition) is 4. The molecule has 0 spiro atoms. The first-order chi connectivity index (χ1) is 12.9. The van der Waals surface area contributed by atoms with E-state index in [1.807, 2.05) is 11.8 Å². The van der Waals surface area contributed by atoms with Crippen molar-refractivity contribution in [2.24, 2.45) is 4.99 Å². The van der Waals surface area contributed by atoms with Gasteiger partial charge in [-0.3, -0.25) is 4.99 Å². The highest BCUT2D eigenvalue weighted by Gasteiger charge is 2.32. The molecule has 2 atom stereocenters. The van der Waals surface area contributed by atoms with Gasteiger partial charge in [-0.05, 0) is 44.1 Å². The molecule has 6 heteroatoms. The van der Waals surface area contributed by atoms with Crippen LogP contribution >= 0.6 is 11.8 Å². The largest absolute Gasteiger partial charge is 0.375 e. The molecule has 1 N–H and O–H groups in total. The molecule has 2 unspecified atom stereocenters. The molecule has 2 saturated heterocycles. The molecule has 5 nitrogen and oxygen atoms in total. The molecule has 2 fully saturated rings. The van der Waals surface area contributed by atoms with Crippen LogP contribution in [0.3, 0.4) is 0 Å². The van der Waals surface area contributed by atoms with Gasteiger partial charge in [0.15, 0.2) is 5.96 Å². The van der Waals surface area contributed by atoms with Gasteiger partial charge >= 0.3 is 0 Å². The van der Waals surface area contributed by atoms with Crippen LogP contribution < -0.4 is 5.32 Å². The maximum Gasteiger partial charge on any atom is 0.194 e. The van der Waals surface area contributed by atoms with Crippen molar-refractivity contribution in [3.05, 3.63) is 30.3 Å². The lowest BCUT2D eigenvalue weighted by atomic mass is 10.1. The monoisotopic (exact) mass is 377 g/mol. The molecule has 144 valence electrons. The number of nitrogens with one attached hydrogen (secondary N) is 1. The molecule has 2 aliphatic rings. The zero-order chi connectivity index (χ0) is 18.0. The van der Waals surface area contributed by atoms with Crippen LogP contribution in [0.4, 0.5) is 0 Å². The number of guanidine groups is 1. The maximum absolute atomic E-state index is 5.96. The molecular formula is C20H31N3O2S. The van der Waals surface area contributed by atoms with Gasteiger partial charge in [0.05, 0.1) is 12.7 Å². The maximum atomic E-state index is 5.96. The van der Waals surface area contributed by atoms with Crippen molar-refractivity contribution in [2.45, 2.75) is 43.3 Å². The van der Waals surface area contributed by atoms with Crippen molar-refractivity contribution < 1.29 is 9.47 Å². The van der Waals surface area contributed by atoms with E-state index in [0.29, 0.717) is 0 Å². The number of rotatable bonds is 7. The van der Waals surface area contributed by atoms with Gasteiger partial charge in [-0.2, -0.15) is 0 Å². The predicted octanol–water partition coefficient (Wildman–Crippen LogP) is 3.01. The lowest BCUT2D eigenvalue weighted by Crippen LogP contribution is -2.53. The number of hydrogen-bond donors (Lipinski definition) is 1. The van der Waals surface area contributed by atoms with Crippen LogP contribution in [-0.2, 0) is 9.47 Å². The van der Waals surface area contributed by atoms with E-state index < -0.39 is 0 Å². The van der Waals surface area contributed by atoms with Gasteiger partial charge in [-0.25, -0.2) is 0 Å². The van der Waals surface area contributed by atoms with E-state index in [9.17, 15) is 0 Å². The van der Waals surface area contributed by atoms with Crippen LogP contribution in [0.15, 0.2) is 40.2 Å². The van der Waals surface area contributed by atoms with Gasteiger partial charge in [0.1, 0.15) is 6.10 Å². The molecule has 2 heterocycles. The van der Waals surface area contributed by atoms with Crippen molar-refractivity contribution in [1.29, 1.82) is 0 Å². The number of ether oxygens (including phenoxy) is 2. The molecule has 2 aliphatic heterocycles. The number of nitrogens with zero attached hydrogens (tertiary/aromatic N) is 2. The fraction of sp³-hybridized carbons (Fsp3) is 0.650. The average Bonchev–Trinajstić information content (AvgIpc) is 3.23. The third-order valence-electron chi connectivity index (χ3n) is 4.68. The number of aliphatic imine (C=N–C) groups is 1. The van der Waals surface area contributed by atoms with Crippen LogP contribution in [-0.4, -0.2) is 68.2 Å². The van der Waals surface area contributed by atoms with E-state index in [-0.39, 0.29) is 12.2 Å². The van der Waals surface area contributed by atoms with Crippen molar-refractivity contribution in [3.8, 4) is 0 Å². The van der Waals surface area contributed by atoms with E-state index in [2.05, 4.69) is 47.5 Å². The van der Waals surface area contributed by atoms with Gasteiger partial charge in [-0.1, -0.05) is 18.2 Å². The Morgan fingerprint density at radius 1 is 1.23 bits per heavy atom. The van der Waals surface area contributed by atoms with Crippen LogP contribution in [0.5, 0.6) is 0 Å². The van der Waals surface area contributed by atoms with Gasteiger partial charge < -0.3 is 19.7 Å². The molecule has 3 rings (SSSR count). The summed E-state index contributed by atoms with van der Waals surface area (Å²) in [7, 11) is 0. The molecule has 1 aromatic carbocycles. The topological polar surface area (TPSA) is 46.1 Å². The Balaban J connectivity index is 1.46. The van der Waals surface area contributed by atoms with Crippen LogP contribution in [0.2, 0.25) is 0 Å². The molecule has 0 saturated carbocycles. The molecule has 0 amide bonds. The normalized spacial score (nSPS) is 24.0. The minimum absolute atomic E-state index is 0.170. The van der Waals surface area contributed by atoms with Crippen molar-refractivity contribution in [3.63, 3.8) is 0 Å². The van der Waals surface area contributed by atoms with Crippen LogP contribution in [0.25, 0.3) is 0 Å². The SMILES string of the molecule is CCNC(=NCCCSc1ccccc1)N1CCOC(C2CCCO2)C1. The molecule has 0 aromatic heterocycles. The minimum Gasteiger partial charge on any atom is -0.375 e. The summed E-state index contributed by atoms with van der Waals surface area (Å²) in [5.41, 5.74) is 0. The zero-order valence-electron chi connectivity index (χ0n) is 15.7. The highest BCUT2D eigenvalue weighted by Crippen LogP contribution is 2.21. The Morgan fingerprint density at radius 3 is 2.85 bits per heavy atom. The number of morpholine rings is 1. The predicted molar refractivity (Wildman–Crippen MR) is 108 cm³/mol. The number of thioether (sulfide) groups is 1. The fourth-order valence-electron chi connectivity index (χ4n) is 3.37. The summed E-state index contributed by atoms with van der Waals surface area (Å²) in [4.78, 5) is 8.52. The Hall–Kier alpha value is -1.24. The standard InChI is InChI=1S/C20H31N3O2S/c1-2-21-20(22-11-7-15-26-17-8-4-3-5-9-17)23-12-14-25-19(16-23)18-10-6-13-24-18/h3-5,8-9,18-19H,2,6-7,10-16H2,1H3,(H,21,22). The first-order valence-electron chi connectivity index (χ1n) is 9.81. The second kappa shape index (κ2) is 10.8. The van der Waals surface area contributed by atoms with Gasteiger partial charge in [0.25, 0.3) is 0 Å². The minimum atomic E-state index is 0.170. The highest BCUT2D eigenvalue weighted by molar-refractivity contribution is 7.99. The van der Waals surface area contributed by atoms with E-state index in [4.69, 9.17) is 14.5 Å². The molecule has 26 heavy (non-hydrogen) atoms. The summed E-state index contributed by atoms with van der Waals surface area (Å²) in [6.45, 7) is 7.25. The van der Waals surface area contributed by atoms with Gasteiger partial charge in [0.2, 0.25) is 0 Å². The Kier molecular flexibility index (Phi) is 8.11. The summed E-state index contributed by atoms with van der Waals surface area (Å²) in [6, 6.07) is 10.6. The second-order valence-corrected chi connectivity index (χ2v) is 7.83. The molecule has 0 radical (unpaired) electrons. The van der Waals surface area contributed by atoms with E-state index in [0.717, 1.165) is 70.4 Å². The molecule has 1 aromatic rings. The van der Waals surface area contributed by atoms with E-state index in [1.165, 1.54) is 4.90 Å². The molecule has 0 aliphatic carbocycles. The van der Waals surface area contributed by atoms with E-state index in [1.54, 1.807) is 0 Å². The summed E-state index contributed by atoms with van der Waals surface area (Å²) in [6.07, 6.45) is 3.76. The second-order valence-electron chi connectivity index (χ2n) is 6.66. The Labute approximate surface area is 161 Å². The quantitative estimate of drug-likeness (QED) is 0.343. The zero-order valence-corrected chi connectivity index (χ0v) is 16.5. The first-order valence-corrected chi connectivity index (χ1v) is 10.8. The van der Waals surface area contributed by atoms with Crippen LogP contribution in [0.1, 0.15) is 26.2 Å². The first kappa shape index (κ1) is 19.5. The highest BCUT2D eigenvalue weighted by atomic mass is 32.2. The Morgan fingerprint density at radius 2 is 2.08 bits per heavy atom. The van der Waals surface area contributed by atoms with E-state index >= 15 is 0 Å². The summed E-state index contributed by atoms with van der Waals surface area (Å²) < 4.78 is 11.8. The smallest absolute Gasteiger partial charge is 0.194 e. The summed E-state index contributed by atoms with van der Waals surface area (Å²) >= 11 is 1.90. The number of benzene rings is 1. The lowest BCUT2D eigenvalue weighted by Gasteiger charge is -2.37. The summed E-state index contributed by atoms with van der Waals surface area (Å²) in [5, 5.41) is 3.44. The molecule has 0 bridgehead atoms. The average molecular weight is 378 g/mol. The third kappa shape index (κ3) is 5.89. The molecular weight excluding hydrogens is 346 g/mol. The van der Waals surface area contributed by atoms with Crippen molar-refractivity contribution in [1.82, 2.24) is 10.2 Å². The van der Waals surface area contributed by atoms with Crippen molar-refractivity contribution >= 4 is 17.7 Å².